The fourth-order valence-corrected chi connectivity index (χ4v) is 4.39. The summed E-state index contributed by atoms with van der Waals surface area (Å²) >= 11 is 0. The highest BCUT2D eigenvalue weighted by atomic mass is 16.2. The van der Waals surface area contributed by atoms with Gasteiger partial charge in [0.15, 0.2) is 5.65 Å². The van der Waals surface area contributed by atoms with Gasteiger partial charge in [-0.05, 0) is 31.2 Å². The Kier molecular flexibility index (Phi) is 7.16. The summed E-state index contributed by atoms with van der Waals surface area (Å²) < 4.78 is 1.48. The largest absolute Gasteiger partial charge is 0.355 e. The minimum Gasteiger partial charge on any atom is -0.355 e. The maximum Gasteiger partial charge on any atom is 0.330 e. The molecule has 34 heavy (non-hydrogen) atoms. The lowest BCUT2D eigenvalue weighted by molar-refractivity contribution is -0.122. The van der Waals surface area contributed by atoms with E-state index in [0.29, 0.717) is 57.0 Å². The average molecular weight is 471 g/mol. The quantitative estimate of drug-likeness (QED) is 0.592. The second-order valence-electron chi connectivity index (χ2n) is 9.75. The molecule has 2 N–H and O–H groups in total. The summed E-state index contributed by atoms with van der Waals surface area (Å²) in [6, 6.07) is 1.74. The van der Waals surface area contributed by atoms with Gasteiger partial charge in [0.25, 0.3) is 11.5 Å². The summed E-state index contributed by atoms with van der Waals surface area (Å²) in [5.74, 6) is 0.186. The van der Waals surface area contributed by atoms with Crippen molar-refractivity contribution in [3.63, 3.8) is 0 Å². The molecule has 1 aliphatic heterocycles. The van der Waals surface area contributed by atoms with Crippen LogP contribution in [0, 0.1) is 5.92 Å². The van der Waals surface area contributed by atoms with Crippen molar-refractivity contribution in [2.75, 3.05) is 39.3 Å². The molecule has 3 heterocycles. The lowest BCUT2D eigenvalue weighted by atomic mass is 10.1. The van der Waals surface area contributed by atoms with Crippen molar-refractivity contribution in [2.45, 2.75) is 52.5 Å². The maximum atomic E-state index is 13.6. The van der Waals surface area contributed by atoms with E-state index in [1.807, 2.05) is 25.7 Å². The van der Waals surface area contributed by atoms with Crippen molar-refractivity contribution < 1.29 is 9.59 Å². The van der Waals surface area contributed by atoms with E-state index in [1.54, 1.807) is 11.0 Å². The Labute approximate surface area is 198 Å². The molecular formula is C24H34N6O4. The van der Waals surface area contributed by atoms with E-state index in [-0.39, 0.29) is 29.0 Å². The zero-order valence-corrected chi connectivity index (χ0v) is 20.2. The zero-order chi connectivity index (χ0) is 24.4. The number of amides is 2. The Morgan fingerprint density at radius 2 is 1.88 bits per heavy atom. The third kappa shape index (κ3) is 5.22. The van der Waals surface area contributed by atoms with Gasteiger partial charge < -0.3 is 10.2 Å². The number of hydrogen-bond donors (Lipinski definition) is 2. The van der Waals surface area contributed by atoms with Crippen molar-refractivity contribution in [3.8, 4) is 0 Å². The Hall–Kier alpha value is -3.01. The molecule has 2 aromatic heterocycles. The number of nitrogens with zero attached hydrogens (tertiary/aromatic N) is 4. The Balaban J connectivity index is 1.62. The van der Waals surface area contributed by atoms with E-state index in [2.05, 4.69) is 15.3 Å². The van der Waals surface area contributed by atoms with Gasteiger partial charge in [0, 0.05) is 50.9 Å². The summed E-state index contributed by atoms with van der Waals surface area (Å²) in [5, 5.41) is 3.05. The lowest BCUT2D eigenvalue weighted by Crippen LogP contribution is -2.51. The minimum absolute atomic E-state index is 0.00881. The molecule has 0 aromatic carbocycles. The third-order valence-electron chi connectivity index (χ3n) is 6.34. The Morgan fingerprint density at radius 1 is 1.18 bits per heavy atom. The molecule has 1 saturated heterocycles. The standard InChI is InChI=1S/C24H34N6O4/c1-4-7-25-19(31)14-28-8-10-29(11-9-28)23(33)17-12-18(16-5-6-16)26-21-20(17)22(32)27-24(34)30(21)13-15(2)3/h12,15-16H,4-11,13-14H2,1-3H3,(H,25,31)(H,27,32,34). The van der Waals surface area contributed by atoms with Crippen LogP contribution in [0.25, 0.3) is 11.0 Å². The second-order valence-corrected chi connectivity index (χ2v) is 9.75. The number of piperazine rings is 1. The topological polar surface area (TPSA) is 120 Å². The molecule has 1 saturated carbocycles. The summed E-state index contributed by atoms with van der Waals surface area (Å²) in [7, 11) is 0. The number of aromatic nitrogens is 3. The van der Waals surface area contributed by atoms with E-state index in [1.165, 1.54) is 4.57 Å². The molecule has 10 nitrogen and oxygen atoms in total. The molecule has 0 atom stereocenters. The van der Waals surface area contributed by atoms with E-state index in [4.69, 9.17) is 0 Å². The Bertz CT molecular complexity index is 1190. The summed E-state index contributed by atoms with van der Waals surface area (Å²) in [4.78, 5) is 61.9. The summed E-state index contributed by atoms with van der Waals surface area (Å²) in [6.07, 6.45) is 2.87. The number of nitrogens with one attached hydrogen (secondary N) is 2. The van der Waals surface area contributed by atoms with Gasteiger partial charge in [0.2, 0.25) is 5.91 Å². The number of H-pyrrole nitrogens is 1. The molecule has 0 spiro atoms. The summed E-state index contributed by atoms with van der Waals surface area (Å²) in [5.41, 5.74) is 0.287. The predicted molar refractivity (Wildman–Crippen MR) is 129 cm³/mol. The number of carbonyl (C=O) groups excluding carboxylic acids is 2. The van der Waals surface area contributed by atoms with Gasteiger partial charge in [-0.2, -0.15) is 0 Å². The lowest BCUT2D eigenvalue weighted by Gasteiger charge is -2.34. The molecule has 0 bridgehead atoms. The molecule has 0 unspecified atom stereocenters. The Morgan fingerprint density at radius 3 is 2.50 bits per heavy atom. The smallest absolute Gasteiger partial charge is 0.330 e. The molecule has 0 radical (unpaired) electrons. The first kappa shape index (κ1) is 24.1. The van der Waals surface area contributed by atoms with Gasteiger partial charge in [0.05, 0.1) is 17.5 Å². The molecule has 2 fully saturated rings. The van der Waals surface area contributed by atoms with Gasteiger partial charge >= 0.3 is 5.69 Å². The predicted octanol–water partition coefficient (Wildman–Crippen LogP) is 0.902. The van der Waals surface area contributed by atoms with Crippen molar-refractivity contribution in [1.82, 2.24) is 29.7 Å². The van der Waals surface area contributed by atoms with Crippen LogP contribution in [0.4, 0.5) is 0 Å². The molecule has 1 aliphatic carbocycles. The number of rotatable bonds is 8. The number of pyridine rings is 1. The SMILES string of the molecule is CCCNC(=O)CN1CCN(C(=O)c2cc(C3CC3)nc3c2c(=O)[nH]c(=O)n3CC(C)C)CC1. The number of carbonyl (C=O) groups is 2. The van der Waals surface area contributed by atoms with Crippen LogP contribution in [0.5, 0.6) is 0 Å². The number of hydrogen-bond acceptors (Lipinski definition) is 6. The highest BCUT2D eigenvalue weighted by Gasteiger charge is 2.31. The minimum atomic E-state index is -0.579. The average Bonchev–Trinajstić information content (AvgIpc) is 3.65. The second kappa shape index (κ2) is 10.1. The highest BCUT2D eigenvalue weighted by Crippen LogP contribution is 2.40. The van der Waals surface area contributed by atoms with Gasteiger partial charge in [-0.3, -0.25) is 28.8 Å². The molecule has 10 heteroatoms. The van der Waals surface area contributed by atoms with Crippen LogP contribution in [0.15, 0.2) is 15.7 Å². The third-order valence-corrected chi connectivity index (χ3v) is 6.34. The molecule has 2 aliphatic rings. The van der Waals surface area contributed by atoms with Crippen LogP contribution in [0.3, 0.4) is 0 Å². The molecule has 184 valence electrons. The van der Waals surface area contributed by atoms with E-state index in [0.717, 1.165) is 25.0 Å². The first-order valence-electron chi connectivity index (χ1n) is 12.2. The van der Waals surface area contributed by atoms with Gasteiger partial charge in [-0.25, -0.2) is 9.78 Å². The first-order chi connectivity index (χ1) is 16.3. The van der Waals surface area contributed by atoms with E-state index < -0.39 is 11.2 Å². The molecule has 2 aromatic rings. The monoisotopic (exact) mass is 470 g/mol. The maximum absolute atomic E-state index is 13.6. The van der Waals surface area contributed by atoms with Gasteiger partial charge in [-0.1, -0.05) is 20.8 Å². The number of aromatic amines is 1. The van der Waals surface area contributed by atoms with Crippen molar-refractivity contribution >= 4 is 22.8 Å². The van der Waals surface area contributed by atoms with Crippen LogP contribution < -0.4 is 16.6 Å². The first-order valence-corrected chi connectivity index (χ1v) is 12.2. The van der Waals surface area contributed by atoms with Crippen molar-refractivity contribution in [3.05, 3.63) is 38.2 Å². The van der Waals surface area contributed by atoms with Gasteiger partial charge in [0.1, 0.15) is 0 Å². The van der Waals surface area contributed by atoms with Crippen LogP contribution in [0.1, 0.15) is 62.0 Å². The van der Waals surface area contributed by atoms with Crippen LogP contribution in [-0.4, -0.2) is 75.4 Å². The molecular weight excluding hydrogens is 436 g/mol. The fraction of sp³-hybridized carbons (Fsp3) is 0.625. The summed E-state index contributed by atoms with van der Waals surface area (Å²) in [6.45, 7) is 9.45. The van der Waals surface area contributed by atoms with E-state index in [9.17, 15) is 19.2 Å². The zero-order valence-electron chi connectivity index (χ0n) is 20.2. The van der Waals surface area contributed by atoms with Gasteiger partial charge in [-0.15, -0.1) is 0 Å². The number of fused-ring (bicyclic) bond motifs is 1. The van der Waals surface area contributed by atoms with Crippen LogP contribution >= 0.6 is 0 Å². The molecule has 4 rings (SSSR count). The normalized spacial score (nSPS) is 16.9. The van der Waals surface area contributed by atoms with Crippen LogP contribution in [0.2, 0.25) is 0 Å². The van der Waals surface area contributed by atoms with Crippen molar-refractivity contribution in [2.24, 2.45) is 5.92 Å². The molecule has 2 amide bonds. The van der Waals surface area contributed by atoms with Crippen LogP contribution in [-0.2, 0) is 11.3 Å². The van der Waals surface area contributed by atoms with E-state index >= 15 is 0 Å². The highest BCUT2D eigenvalue weighted by molar-refractivity contribution is 6.05. The van der Waals surface area contributed by atoms with Crippen molar-refractivity contribution in [1.29, 1.82) is 0 Å². The fourth-order valence-electron chi connectivity index (χ4n) is 4.39.